The van der Waals surface area contributed by atoms with Crippen molar-refractivity contribution in [2.24, 2.45) is 0 Å². The molecule has 0 saturated carbocycles. The minimum absolute atomic E-state index is 0.0182. The molecule has 0 bridgehead atoms. The molecule has 0 saturated heterocycles. The van der Waals surface area contributed by atoms with Crippen LogP contribution in [0.1, 0.15) is 12.0 Å². The van der Waals surface area contributed by atoms with Crippen molar-refractivity contribution in [3.8, 4) is 11.8 Å². The molecule has 0 fully saturated rings. The van der Waals surface area contributed by atoms with Crippen molar-refractivity contribution in [2.45, 2.75) is 6.42 Å². The fraction of sp³-hybridized carbons (Fsp3) is 0.250. The summed E-state index contributed by atoms with van der Waals surface area (Å²) < 4.78 is 0.963. The molecule has 0 amide bonds. The molecule has 0 aliphatic carbocycles. The SMILES string of the molecule is CNCCC#Cc1ccc2[nH]c(=O)sc2c1. The van der Waals surface area contributed by atoms with E-state index in [0.717, 1.165) is 28.7 Å². The number of nitrogens with one attached hydrogen (secondary N) is 2. The van der Waals surface area contributed by atoms with Crippen LogP contribution in [0.25, 0.3) is 10.2 Å². The molecule has 1 aromatic carbocycles. The molecule has 0 aliphatic rings. The number of benzene rings is 1. The van der Waals surface area contributed by atoms with Crippen LogP contribution < -0.4 is 10.2 Å². The standard InChI is InChI=1S/C12H12N2OS/c1-13-7-3-2-4-9-5-6-10-11(8-9)16-12(15)14-10/h5-6,8,13H,3,7H2,1H3,(H,14,15). The summed E-state index contributed by atoms with van der Waals surface area (Å²) in [4.78, 5) is 13.9. The Bertz CT molecular complexity index is 600. The van der Waals surface area contributed by atoms with Gasteiger partial charge in [0.05, 0.1) is 10.2 Å². The van der Waals surface area contributed by atoms with Crippen molar-refractivity contribution in [1.29, 1.82) is 0 Å². The maximum atomic E-state index is 11.1. The van der Waals surface area contributed by atoms with Gasteiger partial charge in [0.2, 0.25) is 0 Å². The number of rotatable bonds is 2. The summed E-state index contributed by atoms with van der Waals surface area (Å²) in [6.07, 6.45) is 0.831. The van der Waals surface area contributed by atoms with Crippen LogP contribution in [0.2, 0.25) is 0 Å². The molecule has 2 aromatic rings. The van der Waals surface area contributed by atoms with Crippen LogP contribution in [0.5, 0.6) is 0 Å². The van der Waals surface area contributed by atoms with Gasteiger partial charge in [-0.3, -0.25) is 4.79 Å². The summed E-state index contributed by atoms with van der Waals surface area (Å²) in [5, 5.41) is 3.04. The first-order valence-electron chi connectivity index (χ1n) is 5.06. The second-order valence-corrected chi connectivity index (χ2v) is 4.40. The minimum Gasteiger partial charge on any atom is -0.319 e. The normalized spacial score (nSPS) is 10.1. The van der Waals surface area contributed by atoms with Gasteiger partial charge in [-0.15, -0.1) is 0 Å². The molecule has 3 nitrogen and oxygen atoms in total. The van der Waals surface area contributed by atoms with Crippen molar-refractivity contribution >= 4 is 21.6 Å². The molecule has 16 heavy (non-hydrogen) atoms. The lowest BCUT2D eigenvalue weighted by molar-refractivity contribution is 0.818. The highest BCUT2D eigenvalue weighted by molar-refractivity contribution is 7.16. The van der Waals surface area contributed by atoms with E-state index < -0.39 is 0 Å². The number of hydrogen-bond acceptors (Lipinski definition) is 3. The van der Waals surface area contributed by atoms with Crippen LogP contribution >= 0.6 is 11.3 Å². The van der Waals surface area contributed by atoms with E-state index in [1.54, 1.807) is 0 Å². The highest BCUT2D eigenvalue weighted by atomic mass is 32.1. The highest BCUT2D eigenvalue weighted by Gasteiger charge is 1.98. The summed E-state index contributed by atoms with van der Waals surface area (Å²) in [6.45, 7) is 0.896. The van der Waals surface area contributed by atoms with Crippen LogP contribution in [-0.4, -0.2) is 18.6 Å². The average molecular weight is 232 g/mol. The number of fused-ring (bicyclic) bond motifs is 1. The van der Waals surface area contributed by atoms with Gasteiger partial charge in [-0.25, -0.2) is 0 Å². The van der Waals surface area contributed by atoms with E-state index >= 15 is 0 Å². The largest absolute Gasteiger partial charge is 0.319 e. The first kappa shape index (κ1) is 10.9. The summed E-state index contributed by atoms with van der Waals surface area (Å²) >= 11 is 1.22. The Hall–Kier alpha value is -1.57. The monoisotopic (exact) mass is 232 g/mol. The van der Waals surface area contributed by atoms with Crippen molar-refractivity contribution in [1.82, 2.24) is 10.3 Å². The van der Waals surface area contributed by atoms with E-state index in [9.17, 15) is 4.79 Å². The quantitative estimate of drug-likeness (QED) is 0.609. The molecule has 4 heteroatoms. The Labute approximate surface area is 97.5 Å². The molecule has 0 aliphatic heterocycles. The lowest BCUT2D eigenvalue weighted by Crippen LogP contribution is -2.05. The van der Waals surface area contributed by atoms with E-state index in [-0.39, 0.29) is 4.87 Å². The third-order valence-corrected chi connectivity index (χ3v) is 3.00. The summed E-state index contributed by atoms with van der Waals surface area (Å²) in [7, 11) is 1.91. The van der Waals surface area contributed by atoms with Crippen LogP contribution in [0.4, 0.5) is 0 Å². The van der Waals surface area contributed by atoms with E-state index in [2.05, 4.69) is 22.1 Å². The molecule has 2 rings (SSSR count). The molecular weight excluding hydrogens is 220 g/mol. The van der Waals surface area contributed by atoms with Gasteiger partial charge >= 0.3 is 4.87 Å². The number of H-pyrrole nitrogens is 1. The smallest absolute Gasteiger partial charge is 0.305 e. The first-order valence-corrected chi connectivity index (χ1v) is 5.87. The van der Waals surface area contributed by atoms with Gasteiger partial charge in [0, 0.05) is 18.5 Å². The molecule has 0 spiro atoms. The molecule has 82 valence electrons. The summed E-state index contributed by atoms with van der Waals surface area (Å²) in [5.41, 5.74) is 1.84. The molecule has 0 atom stereocenters. The van der Waals surface area contributed by atoms with Gasteiger partial charge < -0.3 is 10.3 Å². The number of aromatic amines is 1. The molecule has 1 heterocycles. The van der Waals surface area contributed by atoms with Crippen molar-refractivity contribution in [3.63, 3.8) is 0 Å². The van der Waals surface area contributed by atoms with Crippen LogP contribution in [-0.2, 0) is 0 Å². The third-order valence-electron chi connectivity index (χ3n) is 2.15. The van der Waals surface area contributed by atoms with Gasteiger partial charge in [0.25, 0.3) is 0 Å². The van der Waals surface area contributed by atoms with Gasteiger partial charge in [-0.05, 0) is 25.2 Å². The Morgan fingerprint density at radius 2 is 2.38 bits per heavy atom. The van der Waals surface area contributed by atoms with E-state index in [0.29, 0.717) is 0 Å². The second-order valence-electron chi connectivity index (χ2n) is 3.38. The maximum absolute atomic E-state index is 11.1. The molecule has 0 radical (unpaired) electrons. The van der Waals surface area contributed by atoms with Crippen molar-refractivity contribution < 1.29 is 0 Å². The van der Waals surface area contributed by atoms with Crippen molar-refractivity contribution in [2.75, 3.05) is 13.6 Å². The Morgan fingerprint density at radius 3 is 3.19 bits per heavy atom. The Balaban J connectivity index is 2.24. The Kier molecular flexibility index (Phi) is 3.40. The second kappa shape index (κ2) is 4.97. The van der Waals surface area contributed by atoms with Gasteiger partial charge in [-0.2, -0.15) is 0 Å². The molecular formula is C12H12N2OS. The lowest BCUT2D eigenvalue weighted by Gasteiger charge is -1.91. The topological polar surface area (TPSA) is 44.9 Å². The lowest BCUT2D eigenvalue weighted by atomic mass is 10.2. The van der Waals surface area contributed by atoms with E-state index in [1.807, 2.05) is 25.2 Å². The highest BCUT2D eigenvalue weighted by Crippen LogP contribution is 2.15. The molecule has 1 aromatic heterocycles. The minimum atomic E-state index is -0.0182. The van der Waals surface area contributed by atoms with Crippen molar-refractivity contribution in [3.05, 3.63) is 33.4 Å². The summed E-state index contributed by atoms with van der Waals surface area (Å²) in [5.74, 6) is 6.16. The van der Waals surface area contributed by atoms with Gasteiger partial charge in [0.15, 0.2) is 0 Å². The maximum Gasteiger partial charge on any atom is 0.305 e. The molecule has 2 N–H and O–H groups in total. The van der Waals surface area contributed by atoms with Crippen LogP contribution in [0, 0.1) is 11.8 Å². The fourth-order valence-electron chi connectivity index (χ4n) is 1.38. The first-order chi connectivity index (χ1) is 7.79. The van der Waals surface area contributed by atoms with Gasteiger partial charge in [0.1, 0.15) is 0 Å². The van der Waals surface area contributed by atoms with Crippen LogP contribution in [0.15, 0.2) is 23.0 Å². The van der Waals surface area contributed by atoms with E-state index in [1.165, 1.54) is 11.3 Å². The number of thiazole rings is 1. The Morgan fingerprint density at radius 1 is 1.50 bits per heavy atom. The predicted molar refractivity (Wildman–Crippen MR) is 67.9 cm³/mol. The zero-order chi connectivity index (χ0) is 11.4. The fourth-order valence-corrected chi connectivity index (χ4v) is 2.15. The number of hydrogen-bond donors (Lipinski definition) is 2. The zero-order valence-corrected chi connectivity index (χ0v) is 9.78. The average Bonchev–Trinajstić information content (AvgIpc) is 2.64. The summed E-state index contributed by atoms with van der Waals surface area (Å²) in [6, 6.07) is 5.77. The molecule has 0 unspecified atom stereocenters. The van der Waals surface area contributed by atoms with Gasteiger partial charge in [-0.1, -0.05) is 23.2 Å². The predicted octanol–water partition coefficient (Wildman–Crippen LogP) is 1.55. The van der Waals surface area contributed by atoms with Crippen LogP contribution in [0.3, 0.4) is 0 Å². The number of aromatic nitrogens is 1. The third kappa shape index (κ3) is 2.51. The van der Waals surface area contributed by atoms with E-state index in [4.69, 9.17) is 0 Å². The zero-order valence-electron chi connectivity index (χ0n) is 8.96.